The molecule has 1 saturated heterocycles. The van der Waals surface area contributed by atoms with Gasteiger partial charge in [0.15, 0.2) is 5.16 Å². The van der Waals surface area contributed by atoms with Crippen LogP contribution >= 0.6 is 35.0 Å². The second-order valence-corrected chi connectivity index (χ2v) is 8.41. The number of amides is 1. The summed E-state index contributed by atoms with van der Waals surface area (Å²) < 4.78 is 0. The molecule has 0 atom stereocenters. The van der Waals surface area contributed by atoms with E-state index in [4.69, 9.17) is 23.2 Å². The first kappa shape index (κ1) is 22.0. The molecule has 1 fully saturated rings. The number of hydrogen-bond donors (Lipinski definition) is 0. The number of rotatable bonds is 7. The van der Waals surface area contributed by atoms with Crippen LogP contribution in [0.15, 0.2) is 35.5 Å². The number of anilines is 2. The van der Waals surface area contributed by atoms with Gasteiger partial charge in [0.2, 0.25) is 5.91 Å². The highest BCUT2D eigenvalue weighted by Gasteiger charge is 2.20. The number of nitrogens with zero attached hydrogens (tertiary/aromatic N) is 5. The second kappa shape index (κ2) is 10.4. The first-order valence-electron chi connectivity index (χ1n) is 9.70. The molecule has 2 aromatic rings. The van der Waals surface area contributed by atoms with E-state index in [1.807, 2.05) is 32.0 Å². The third-order valence-electron chi connectivity index (χ3n) is 4.88. The summed E-state index contributed by atoms with van der Waals surface area (Å²) in [5.41, 5.74) is 1.13. The quantitative estimate of drug-likeness (QED) is 0.357. The number of hydrogen-bond acceptors (Lipinski definition) is 6. The SMILES string of the molecule is CCN(CC)C(=O)CSc1nc(Cl)cc(N2CCN(c3cccc(Cl)c3)CC2)n1. The molecule has 29 heavy (non-hydrogen) atoms. The maximum Gasteiger partial charge on any atom is 0.233 e. The molecule has 0 saturated carbocycles. The highest BCUT2D eigenvalue weighted by Crippen LogP contribution is 2.25. The van der Waals surface area contributed by atoms with Crippen LogP contribution in [0.3, 0.4) is 0 Å². The Kier molecular flexibility index (Phi) is 7.86. The highest BCUT2D eigenvalue weighted by atomic mass is 35.5. The molecule has 0 aliphatic carbocycles. The van der Waals surface area contributed by atoms with Gasteiger partial charge in [0.05, 0.1) is 5.75 Å². The van der Waals surface area contributed by atoms with Crippen LogP contribution in [0.2, 0.25) is 10.2 Å². The Morgan fingerprint density at radius 2 is 1.76 bits per heavy atom. The van der Waals surface area contributed by atoms with Gasteiger partial charge in [0.1, 0.15) is 11.0 Å². The molecule has 9 heteroatoms. The maximum absolute atomic E-state index is 12.2. The Labute approximate surface area is 186 Å². The number of aromatic nitrogens is 2. The molecule has 0 unspecified atom stereocenters. The molecule has 3 rings (SSSR count). The van der Waals surface area contributed by atoms with E-state index in [1.54, 1.807) is 11.0 Å². The van der Waals surface area contributed by atoms with Crippen molar-refractivity contribution >= 4 is 52.4 Å². The molecule has 1 aromatic heterocycles. The number of carbonyl (C=O) groups is 1. The van der Waals surface area contributed by atoms with Crippen molar-refractivity contribution in [2.45, 2.75) is 19.0 Å². The number of benzene rings is 1. The van der Waals surface area contributed by atoms with Crippen LogP contribution < -0.4 is 9.80 Å². The van der Waals surface area contributed by atoms with Crippen molar-refractivity contribution < 1.29 is 4.79 Å². The van der Waals surface area contributed by atoms with Gasteiger partial charge in [-0.2, -0.15) is 0 Å². The molecule has 6 nitrogen and oxygen atoms in total. The van der Waals surface area contributed by atoms with E-state index in [9.17, 15) is 4.79 Å². The summed E-state index contributed by atoms with van der Waals surface area (Å²) in [6, 6.07) is 9.70. The number of piperazine rings is 1. The van der Waals surface area contributed by atoms with Crippen molar-refractivity contribution in [1.29, 1.82) is 0 Å². The summed E-state index contributed by atoms with van der Waals surface area (Å²) in [5.74, 6) is 1.19. The largest absolute Gasteiger partial charge is 0.368 e. The zero-order chi connectivity index (χ0) is 20.8. The van der Waals surface area contributed by atoms with Gasteiger partial charge in [-0.15, -0.1) is 0 Å². The number of halogens is 2. The Morgan fingerprint density at radius 1 is 1.07 bits per heavy atom. The van der Waals surface area contributed by atoms with Gasteiger partial charge in [0, 0.05) is 56.0 Å². The van der Waals surface area contributed by atoms with Gasteiger partial charge < -0.3 is 14.7 Å². The third kappa shape index (κ3) is 5.90. The zero-order valence-corrected chi connectivity index (χ0v) is 19.0. The fraction of sp³-hybridized carbons (Fsp3) is 0.450. The van der Waals surface area contributed by atoms with Gasteiger partial charge in [-0.3, -0.25) is 4.79 Å². The summed E-state index contributed by atoms with van der Waals surface area (Å²) in [4.78, 5) is 27.5. The lowest BCUT2D eigenvalue weighted by Gasteiger charge is -2.36. The van der Waals surface area contributed by atoms with Crippen LogP contribution in [0.1, 0.15) is 13.8 Å². The Hall–Kier alpha value is -1.70. The van der Waals surface area contributed by atoms with Crippen molar-refractivity contribution in [2.24, 2.45) is 0 Å². The molecule has 1 aromatic carbocycles. The van der Waals surface area contributed by atoms with Crippen LogP contribution in [0.25, 0.3) is 0 Å². The molecule has 1 aliphatic heterocycles. The zero-order valence-electron chi connectivity index (χ0n) is 16.6. The molecule has 1 amide bonds. The van der Waals surface area contributed by atoms with E-state index in [2.05, 4.69) is 25.8 Å². The summed E-state index contributed by atoms with van der Waals surface area (Å²) >= 11 is 13.7. The average molecular weight is 454 g/mol. The minimum absolute atomic E-state index is 0.0836. The molecule has 1 aliphatic rings. The smallest absolute Gasteiger partial charge is 0.233 e. The first-order valence-corrected chi connectivity index (χ1v) is 11.4. The summed E-state index contributed by atoms with van der Waals surface area (Å²) in [6.07, 6.45) is 0. The number of thioether (sulfide) groups is 1. The predicted octanol–water partition coefficient (Wildman–Crippen LogP) is 4.07. The minimum atomic E-state index is 0.0836. The summed E-state index contributed by atoms with van der Waals surface area (Å²) in [6.45, 7) is 8.73. The Balaban J connectivity index is 1.62. The van der Waals surface area contributed by atoms with E-state index >= 15 is 0 Å². The van der Waals surface area contributed by atoms with Gasteiger partial charge in [-0.1, -0.05) is 41.0 Å². The highest BCUT2D eigenvalue weighted by molar-refractivity contribution is 7.99. The van der Waals surface area contributed by atoms with Gasteiger partial charge >= 0.3 is 0 Å². The van der Waals surface area contributed by atoms with Crippen LogP contribution in [-0.2, 0) is 4.79 Å². The fourth-order valence-corrected chi connectivity index (χ4v) is 4.44. The van der Waals surface area contributed by atoms with E-state index in [1.165, 1.54) is 11.8 Å². The van der Waals surface area contributed by atoms with Crippen LogP contribution in [0.4, 0.5) is 11.5 Å². The lowest BCUT2D eigenvalue weighted by Crippen LogP contribution is -2.46. The predicted molar refractivity (Wildman–Crippen MR) is 122 cm³/mol. The van der Waals surface area contributed by atoms with Gasteiger partial charge in [-0.05, 0) is 32.0 Å². The van der Waals surface area contributed by atoms with Crippen LogP contribution in [0, 0.1) is 0 Å². The molecule has 156 valence electrons. The number of carbonyl (C=O) groups excluding carboxylic acids is 1. The van der Waals surface area contributed by atoms with Crippen LogP contribution in [0.5, 0.6) is 0 Å². The molecular weight excluding hydrogens is 429 g/mol. The van der Waals surface area contributed by atoms with E-state index in [0.29, 0.717) is 29.2 Å². The fourth-order valence-electron chi connectivity index (χ4n) is 3.27. The van der Waals surface area contributed by atoms with Crippen molar-refractivity contribution in [3.8, 4) is 0 Å². The summed E-state index contributed by atoms with van der Waals surface area (Å²) in [5, 5.41) is 1.67. The third-order valence-corrected chi connectivity index (χ3v) is 6.14. The van der Waals surface area contributed by atoms with Gasteiger partial charge in [-0.25, -0.2) is 9.97 Å². The van der Waals surface area contributed by atoms with Crippen molar-refractivity contribution in [3.05, 3.63) is 40.5 Å². The Morgan fingerprint density at radius 3 is 2.41 bits per heavy atom. The Bertz CT molecular complexity index is 841. The van der Waals surface area contributed by atoms with E-state index in [0.717, 1.165) is 42.7 Å². The van der Waals surface area contributed by atoms with Crippen molar-refractivity contribution in [1.82, 2.24) is 14.9 Å². The monoisotopic (exact) mass is 453 g/mol. The molecule has 0 bridgehead atoms. The van der Waals surface area contributed by atoms with Crippen molar-refractivity contribution in [3.63, 3.8) is 0 Å². The van der Waals surface area contributed by atoms with E-state index < -0.39 is 0 Å². The minimum Gasteiger partial charge on any atom is -0.368 e. The van der Waals surface area contributed by atoms with Gasteiger partial charge in [0.25, 0.3) is 0 Å². The first-order chi connectivity index (χ1) is 14.0. The molecule has 2 heterocycles. The molecule has 0 radical (unpaired) electrons. The maximum atomic E-state index is 12.2. The molecular formula is C20H25Cl2N5OS. The van der Waals surface area contributed by atoms with E-state index in [-0.39, 0.29) is 5.91 Å². The second-order valence-electron chi connectivity index (χ2n) is 6.64. The standard InChI is InChI=1S/C20H25Cl2N5OS/c1-3-25(4-2)19(28)14-29-20-23-17(22)13-18(24-20)27-10-8-26(9-11-27)16-7-5-6-15(21)12-16/h5-7,12-13H,3-4,8-11,14H2,1-2H3. The van der Waals surface area contributed by atoms with Crippen molar-refractivity contribution in [2.75, 3.05) is 54.8 Å². The summed E-state index contributed by atoms with van der Waals surface area (Å²) in [7, 11) is 0. The lowest BCUT2D eigenvalue weighted by atomic mass is 10.2. The average Bonchev–Trinajstić information content (AvgIpc) is 2.73. The topological polar surface area (TPSA) is 52.6 Å². The molecule has 0 N–H and O–H groups in total. The molecule has 0 spiro atoms. The van der Waals surface area contributed by atoms with Crippen LogP contribution in [-0.4, -0.2) is 65.8 Å². The lowest BCUT2D eigenvalue weighted by molar-refractivity contribution is -0.127. The normalized spacial score (nSPS) is 14.2.